The van der Waals surface area contributed by atoms with Crippen molar-refractivity contribution in [2.45, 2.75) is 23.5 Å². The minimum absolute atomic E-state index is 0.0302. The van der Waals surface area contributed by atoms with Crippen LogP contribution in [-0.4, -0.2) is 42.1 Å². The number of thioether (sulfide) groups is 1. The van der Waals surface area contributed by atoms with Crippen LogP contribution >= 0.6 is 27.7 Å². The van der Waals surface area contributed by atoms with Gasteiger partial charge in [0.1, 0.15) is 5.25 Å². The third kappa shape index (κ3) is 5.26. The molecule has 0 saturated carbocycles. The number of para-hydroxylation sites is 1. The van der Waals surface area contributed by atoms with Crippen LogP contribution < -0.4 is 5.32 Å². The molecule has 10 heteroatoms. The molecule has 1 unspecified atom stereocenters. The lowest BCUT2D eigenvalue weighted by molar-refractivity contribution is -0.128. The van der Waals surface area contributed by atoms with E-state index in [2.05, 4.69) is 25.6 Å². The highest BCUT2D eigenvalue weighted by Gasteiger charge is 2.39. The average molecular weight is 496 g/mol. The van der Waals surface area contributed by atoms with Crippen LogP contribution in [-0.2, 0) is 19.6 Å². The molecule has 1 aliphatic rings. The van der Waals surface area contributed by atoms with Gasteiger partial charge in [-0.2, -0.15) is 8.42 Å². The van der Waals surface area contributed by atoms with E-state index in [1.165, 1.54) is 17.0 Å². The Hall–Kier alpha value is -2.17. The van der Waals surface area contributed by atoms with Gasteiger partial charge < -0.3 is 5.32 Å². The van der Waals surface area contributed by atoms with Crippen LogP contribution in [0, 0.1) is 0 Å². The van der Waals surface area contributed by atoms with Gasteiger partial charge in [-0.05, 0) is 43.3 Å². The van der Waals surface area contributed by atoms with Crippen molar-refractivity contribution >= 4 is 60.4 Å². The number of carbonyl (C=O) groups excluding carboxylic acids is 2. The maximum Gasteiger partial charge on any atom is 0.284 e. The van der Waals surface area contributed by atoms with E-state index in [9.17, 15) is 18.0 Å². The Labute approximate surface area is 181 Å². The summed E-state index contributed by atoms with van der Waals surface area (Å²) in [4.78, 5) is 26.3. The Morgan fingerprint density at radius 2 is 1.83 bits per heavy atom. The first-order valence-corrected chi connectivity index (χ1v) is 11.8. The van der Waals surface area contributed by atoms with Gasteiger partial charge in [-0.1, -0.05) is 45.9 Å². The molecule has 1 heterocycles. The highest BCUT2D eigenvalue weighted by molar-refractivity contribution is 9.10. The molecular formula is C19H18BrN3O4S2. The van der Waals surface area contributed by atoms with Crippen molar-refractivity contribution in [3.05, 3.63) is 59.1 Å². The van der Waals surface area contributed by atoms with E-state index in [-0.39, 0.29) is 34.8 Å². The minimum atomic E-state index is -3.98. The molecular weight excluding hydrogens is 478 g/mol. The summed E-state index contributed by atoms with van der Waals surface area (Å²) >= 11 is 4.25. The fourth-order valence-electron chi connectivity index (χ4n) is 2.66. The van der Waals surface area contributed by atoms with Crippen LogP contribution in [0.5, 0.6) is 0 Å². The highest BCUT2D eigenvalue weighted by Crippen LogP contribution is 2.31. The molecule has 3 rings (SSSR count). The van der Waals surface area contributed by atoms with E-state index in [1.807, 2.05) is 6.07 Å². The molecule has 1 fully saturated rings. The molecule has 29 heavy (non-hydrogen) atoms. The second kappa shape index (κ2) is 9.10. The molecule has 2 aromatic rings. The van der Waals surface area contributed by atoms with Crippen LogP contribution in [0.4, 0.5) is 5.69 Å². The summed E-state index contributed by atoms with van der Waals surface area (Å²) < 4.78 is 29.8. The van der Waals surface area contributed by atoms with Crippen LogP contribution in [0.15, 0.2) is 68.4 Å². The molecule has 152 valence electrons. The van der Waals surface area contributed by atoms with E-state index in [0.29, 0.717) is 5.69 Å². The molecule has 1 saturated heterocycles. The van der Waals surface area contributed by atoms with E-state index >= 15 is 0 Å². The number of halogens is 1. The lowest BCUT2D eigenvalue weighted by Crippen LogP contribution is -2.33. The first kappa shape index (κ1) is 21.5. The molecule has 0 aromatic heterocycles. The quantitative estimate of drug-likeness (QED) is 0.661. The van der Waals surface area contributed by atoms with Crippen molar-refractivity contribution in [1.82, 2.24) is 4.90 Å². The summed E-state index contributed by atoms with van der Waals surface area (Å²) in [7, 11) is -3.98. The predicted octanol–water partition coefficient (Wildman–Crippen LogP) is 3.49. The van der Waals surface area contributed by atoms with E-state index in [0.717, 1.165) is 16.2 Å². The molecule has 1 aliphatic heterocycles. The van der Waals surface area contributed by atoms with E-state index in [1.54, 1.807) is 43.3 Å². The number of anilines is 1. The fourth-order valence-corrected chi connectivity index (χ4v) is 5.35. The van der Waals surface area contributed by atoms with Gasteiger partial charge in [-0.25, -0.2) is 0 Å². The normalized spacial score (nSPS) is 18.3. The number of hydrogen-bond donors (Lipinski definition) is 1. The first-order valence-electron chi connectivity index (χ1n) is 8.73. The lowest BCUT2D eigenvalue weighted by atomic mass is 10.2. The molecule has 0 radical (unpaired) electrons. The maximum atomic E-state index is 12.6. The second-order valence-electron chi connectivity index (χ2n) is 6.11. The number of benzene rings is 2. The number of carbonyl (C=O) groups is 2. The van der Waals surface area contributed by atoms with Gasteiger partial charge in [-0.3, -0.25) is 14.5 Å². The molecule has 2 aromatic carbocycles. The standard InChI is InChI=1S/C19H18BrN3O4S2/c1-2-23-18(25)16(12-17(24)21-14-6-4-3-5-7-14)28-19(23)22-29(26,27)15-10-8-13(20)9-11-15/h3-11,16H,2,12H2,1H3,(H,21,24)/b22-19+. The summed E-state index contributed by atoms with van der Waals surface area (Å²) in [5.74, 6) is -0.652. The Kier molecular flexibility index (Phi) is 6.76. The lowest BCUT2D eigenvalue weighted by Gasteiger charge is -2.13. The zero-order valence-corrected chi connectivity index (χ0v) is 18.6. The zero-order chi connectivity index (χ0) is 21.0. The SMILES string of the molecule is CCN1C(=O)C(CC(=O)Nc2ccccc2)S/C1=N/S(=O)(=O)c1ccc(Br)cc1. The Morgan fingerprint density at radius 3 is 2.45 bits per heavy atom. The summed E-state index contributed by atoms with van der Waals surface area (Å²) in [6, 6.07) is 15.0. The summed E-state index contributed by atoms with van der Waals surface area (Å²) in [6.07, 6.45) is -0.0771. The Bertz CT molecular complexity index is 1040. The van der Waals surface area contributed by atoms with Gasteiger partial charge in [0.2, 0.25) is 11.8 Å². The molecule has 1 N–H and O–H groups in total. The van der Waals surface area contributed by atoms with Crippen LogP contribution in [0.2, 0.25) is 0 Å². The summed E-state index contributed by atoms with van der Waals surface area (Å²) in [5.41, 5.74) is 0.631. The number of amidine groups is 1. The van der Waals surface area contributed by atoms with Gasteiger partial charge >= 0.3 is 0 Å². The second-order valence-corrected chi connectivity index (χ2v) is 9.80. The Balaban J connectivity index is 1.77. The highest BCUT2D eigenvalue weighted by atomic mass is 79.9. The molecule has 7 nitrogen and oxygen atoms in total. The van der Waals surface area contributed by atoms with Crippen molar-refractivity contribution in [1.29, 1.82) is 0 Å². The molecule has 0 bridgehead atoms. The molecule has 1 atom stereocenters. The van der Waals surface area contributed by atoms with Crippen molar-refractivity contribution in [2.75, 3.05) is 11.9 Å². The number of rotatable bonds is 6. The van der Waals surface area contributed by atoms with Gasteiger partial charge in [0.15, 0.2) is 5.17 Å². The van der Waals surface area contributed by atoms with Crippen molar-refractivity contribution in [3.63, 3.8) is 0 Å². The fraction of sp³-hybridized carbons (Fsp3) is 0.211. The third-order valence-corrected chi connectivity index (χ3v) is 7.18. The smallest absolute Gasteiger partial charge is 0.284 e. The number of amides is 2. The van der Waals surface area contributed by atoms with Gasteiger partial charge in [0, 0.05) is 23.1 Å². The van der Waals surface area contributed by atoms with E-state index < -0.39 is 15.3 Å². The molecule has 2 amide bonds. The minimum Gasteiger partial charge on any atom is -0.326 e. The number of nitrogens with one attached hydrogen (secondary N) is 1. The predicted molar refractivity (Wildman–Crippen MR) is 117 cm³/mol. The van der Waals surface area contributed by atoms with Crippen molar-refractivity contribution in [2.24, 2.45) is 4.40 Å². The summed E-state index contributed by atoms with van der Waals surface area (Å²) in [5, 5.41) is 2.09. The monoisotopic (exact) mass is 495 g/mol. The number of hydrogen-bond acceptors (Lipinski definition) is 5. The van der Waals surface area contributed by atoms with Gasteiger partial charge in [-0.15, -0.1) is 4.40 Å². The number of sulfonamides is 1. The topological polar surface area (TPSA) is 95.9 Å². The maximum absolute atomic E-state index is 12.6. The largest absolute Gasteiger partial charge is 0.326 e. The van der Waals surface area contributed by atoms with Gasteiger partial charge in [0.25, 0.3) is 10.0 Å². The Morgan fingerprint density at radius 1 is 1.17 bits per heavy atom. The van der Waals surface area contributed by atoms with Crippen LogP contribution in [0.1, 0.15) is 13.3 Å². The van der Waals surface area contributed by atoms with Crippen molar-refractivity contribution < 1.29 is 18.0 Å². The first-order chi connectivity index (χ1) is 13.8. The van der Waals surface area contributed by atoms with E-state index in [4.69, 9.17) is 0 Å². The molecule has 0 aliphatic carbocycles. The van der Waals surface area contributed by atoms with Crippen LogP contribution in [0.25, 0.3) is 0 Å². The van der Waals surface area contributed by atoms with Crippen molar-refractivity contribution in [3.8, 4) is 0 Å². The van der Waals surface area contributed by atoms with Gasteiger partial charge in [0.05, 0.1) is 4.90 Å². The zero-order valence-electron chi connectivity index (χ0n) is 15.4. The molecule has 0 spiro atoms. The summed E-state index contributed by atoms with van der Waals surface area (Å²) in [6.45, 7) is 1.99. The average Bonchev–Trinajstić information content (AvgIpc) is 2.96. The van der Waals surface area contributed by atoms with Crippen LogP contribution in [0.3, 0.4) is 0 Å². The number of nitrogens with zero attached hydrogens (tertiary/aromatic N) is 2. The third-order valence-electron chi connectivity index (χ3n) is 4.07.